The van der Waals surface area contributed by atoms with Gasteiger partial charge in [0.15, 0.2) is 5.72 Å². The number of amides is 2. The molecular formula is C29H29N3O3. The van der Waals surface area contributed by atoms with Crippen molar-refractivity contribution in [2.75, 3.05) is 44.2 Å². The number of hydrogen-bond donors (Lipinski definition) is 0. The summed E-state index contributed by atoms with van der Waals surface area (Å²) in [4.78, 5) is 33.9. The molecule has 2 saturated heterocycles. The highest BCUT2D eigenvalue weighted by Crippen LogP contribution is 2.47. The smallest absolute Gasteiger partial charge is 0.256 e. The Balaban J connectivity index is 1.35. The van der Waals surface area contributed by atoms with Crippen LogP contribution in [0.3, 0.4) is 0 Å². The first-order valence-corrected chi connectivity index (χ1v) is 12.3. The van der Waals surface area contributed by atoms with Crippen LogP contribution in [0.25, 0.3) is 0 Å². The molecular weight excluding hydrogens is 438 g/mol. The van der Waals surface area contributed by atoms with E-state index in [2.05, 4.69) is 17.0 Å². The normalized spacial score (nSPS) is 23.7. The Labute approximate surface area is 205 Å². The van der Waals surface area contributed by atoms with E-state index in [0.29, 0.717) is 38.2 Å². The fourth-order valence-corrected chi connectivity index (χ4v) is 5.89. The second kappa shape index (κ2) is 8.86. The van der Waals surface area contributed by atoms with Crippen LogP contribution >= 0.6 is 0 Å². The molecule has 3 aromatic rings. The SMILES string of the molecule is O=C([C@H]1c2ccccc2C(=O)N2CCO[C@@]12Cc1ccccc1)N1CCN(c2ccccc2)CC1. The van der Waals surface area contributed by atoms with E-state index in [1.807, 2.05) is 82.6 Å². The number of hydrogen-bond acceptors (Lipinski definition) is 4. The molecule has 6 nitrogen and oxygen atoms in total. The van der Waals surface area contributed by atoms with Crippen molar-refractivity contribution in [1.82, 2.24) is 9.80 Å². The van der Waals surface area contributed by atoms with Crippen LogP contribution in [-0.4, -0.2) is 66.7 Å². The second-order valence-corrected chi connectivity index (χ2v) is 9.48. The molecule has 0 saturated carbocycles. The summed E-state index contributed by atoms with van der Waals surface area (Å²) in [5, 5.41) is 0. The molecule has 0 spiro atoms. The summed E-state index contributed by atoms with van der Waals surface area (Å²) in [5.74, 6) is -0.574. The predicted molar refractivity (Wildman–Crippen MR) is 134 cm³/mol. The van der Waals surface area contributed by atoms with Crippen LogP contribution in [-0.2, 0) is 16.0 Å². The largest absolute Gasteiger partial charge is 0.368 e. The summed E-state index contributed by atoms with van der Waals surface area (Å²) in [6.07, 6.45) is 0.480. The van der Waals surface area contributed by atoms with E-state index in [9.17, 15) is 9.59 Å². The molecule has 35 heavy (non-hydrogen) atoms. The van der Waals surface area contributed by atoms with Crippen molar-refractivity contribution in [3.63, 3.8) is 0 Å². The zero-order valence-corrected chi connectivity index (χ0v) is 19.7. The zero-order chi connectivity index (χ0) is 23.8. The molecule has 0 radical (unpaired) electrons. The third-order valence-corrected chi connectivity index (χ3v) is 7.58. The van der Waals surface area contributed by atoms with E-state index in [4.69, 9.17) is 4.74 Å². The van der Waals surface area contributed by atoms with Crippen LogP contribution in [0.2, 0.25) is 0 Å². The zero-order valence-electron chi connectivity index (χ0n) is 19.7. The van der Waals surface area contributed by atoms with Gasteiger partial charge >= 0.3 is 0 Å². The minimum atomic E-state index is -1.01. The van der Waals surface area contributed by atoms with Crippen molar-refractivity contribution < 1.29 is 14.3 Å². The summed E-state index contributed by atoms with van der Waals surface area (Å²) >= 11 is 0. The van der Waals surface area contributed by atoms with Crippen LogP contribution in [0.15, 0.2) is 84.9 Å². The maximum Gasteiger partial charge on any atom is 0.256 e. The highest BCUT2D eigenvalue weighted by molar-refractivity contribution is 6.02. The average molecular weight is 468 g/mol. The maximum atomic E-state index is 14.3. The maximum absolute atomic E-state index is 14.3. The first kappa shape index (κ1) is 21.9. The van der Waals surface area contributed by atoms with Gasteiger partial charge in [-0.1, -0.05) is 66.7 Å². The molecule has 3 aromatic carbocycles. The van der Waals surface area contributed by atoms with Crippen molar-refractivity contribution in [2.24, 2.45) is 0 Å². The van der Waals surface area contributed by atoms with E-state index in [-0.39, 0.29) is 11.8 Å². The quantitative estimate of drug-likeness (QED) is 0.589. The lowest BCUT2D eigenvalue weighted by Crippen LogP contribution is -2.62. The second-order valence-electron chi connectivity index (χ2n) is 9.48. The molecule has 3 aliphatic rings. The predicted octanol–water partition coefficient (Wildman–Crippen LogP) is 3.54. The molecule has 2 amide bonds. The van der Waals surface area contributed by atoms with E-state index in [0.717, 1.165) is 24.2 Å². The minimum absolute atomic E-state index is 0.0421. The van der Waals surface area contributed by atoms with Crippen LogP contribution < -0.4 is 4.90 Å². The molecule has 178 valence electrons. The van der Waals surface area contributed by atoms with Crippen LogP contribution in [0.4, 0.5) is 5.69 Å². The molecule has 6 rings (SSSR count). The minimum Gasteiger partial charge on any atom is -0.368 e. The van der Waals surface area contributed by atoms with Crippen LogP contribution in [0.1, 0.15) is 27.4 Å². The molecule has 0 bridgehead atoms. The van der Waals surface area contributed by atoms with E-state index >= 15 is 0 Å². The van der Waals surface area contributed by atoms with Gasteiger partial charge in [-0.2, -0.15) is 0 Å². The van der Waals surface area contributed by atoms with Crippen molar-refractivity contribution >= 4 is 17.5 Å². The number of fused-ring (bicyclic) bond motifs is 2. The van der Waals surface area contributed by atoms with Crippen molar-refractivity contribution in [3.8, 4) is 0 Å². The Morgan fingerprint density at radius 1 is 0.829 bits per heavy atom. The van der Waals surface area contributed by atoms with E-state index in [1.165, 1.54) is 5.69 Å². The third kappa shape index (κ3) is 3.69. The summed E-state index contributed by atoms with van der Waals surface area (Å²) in [6, 6.07) is 27.9. The topological polar surface area (TPSA) is 53.1 Å². The highest BCUT2D eigenvalue weighted by Gasteiger charge is 2.59. The molecule has 3 heterocycles. The summed E-state index contributed by atoms with van der Waals surface area (Å²) in [5.41, 5.74) is 2.61. The van der Waals surface area contributed by atoms with Crippen molar-refractivity contribution in [3.05, 3.63) is 102 Å². The Bertz CT molecular complexity index is 1220. The lowest BCUT2D eigenvalue weighted by Gasteiger charge is -2.48. The Morgan fingerprint density at radius 2 is 1.49 bits per heavy atom. The van der Waals surface area contributed by atoms with Gasteiger partial charge in [-0.3, -0.25) is 9.59 Å². The van der Waals surface area contributed by atoms with Gasteiger partial charge in [0.25, 0.3) is 5.91 Å². The van der Waals surface area contributed by atoms with Gasteiger partial charge in [0.05, 0.1) is 6.61 Å². The molecule has 2 atom stereocenters. The molecule has 2 fully saturated rings. The molecule has 0 aliphatic carbocycles. The molecule has 0 N–H and O–H groups in total. The summed E-state index contributed by atoms with van der Waals surface area (Å²) in [7, 11) is 0. The number of nitrogens with zero attached hydrogens (tertiary/aromatic N) is 3. The van der Waals surface area contributed by atoms with Gasteiger partial charge in [0.1, 0.15) is 5.92 Å². The molecule has 0 unspecified atom stereocenters. The highest BCUT2D eigenvalue weighted by atomic mass is 16.5. The first-order valence-electron chi connectivity index (χ1n) is 12.3. The number of benzene rings is 3. The third-order valence-electron chi connectivity index (χ3n) is 7.58. The summed E-state index contributed by atoms with van der Waals surface area (Å²) < 4.78 is 6.44. The first-order chi connectivity index (χ1) is 17.2. The lowest BCUT2D eigenvalue weighted by atomic mass is 9.76. The Morgan fingerprint density at radius 3 is 2.23 bits per heavy atom. The van der Waals surface area contributed by atoms with Gasteiger partial charge in [-0.15, -0.1) is 0 Å². The number of ether oxygens (including phenoxy) is 1. The van der Waals surface area contributed by atoms with Crippen LogP contribution in [0, 0.1) is 0 Å². The van der Waals surface area contributed by atoms with E-state index in [1.54, 1.807) is 0 Å². The van der Waals surface area contributed by atoms with Gasteiger partial charge in [-0.25, -0.2) is 0 Å². The monoisotopic (exact) mass is 467 g/mol. The van der Waals surface area contributed by atoms with Gasteiger partial charge in [-0.05, 0) is 29.3 Å². The average Bonchev–Trinajstić information content (AvgIpc) is 3.34. The molecule has 6 heteroatoms. The molecule has 0 aromatic heterocycles. The fourth-order valence-electron chi connectivity index (χ4n) is 5.89. The number of piperazine rings is 1. The number of rotatable bonds is 4. The molecule has 3 aliphatic heterocycles. The summed E-state index contributed by atoms with van der Waals surface area (Å²) in [6.45, 7) is 3.76. The van der Waals surface area contributed by atoms with Gasteiger partial charge < -0.3 is 19.4 Å². The Hall–Kier alpha value is -3.64. The van der Waals surface area contributed by atoms with Crippen molar-refractivity contribution in [2.45, 2.75) is 18.1 Å². The number of carbonyl (C=O) groups is 2. The number of anilines is 1. The number of para-hydroxylation sites is 1. The van der Waals surface area contributed by atoms with Crippen molar-refractivity contribution in [1.29, 1.82) is 0 Å². The van der Waals surface area contributed by atoms with Gasteiger partial charge in [0, 0.05) is 50.4 Å². The number of carbonyl (C=O) groups excluding carboxylic acids is 2. The van der Waals surface area contributed by atoms with Crippen LogP contribution in [0.5, 0.6) is 0 Å². The van der Waals surface area contributed by atoms with Gasteiger partial charge in [0.2, 0.25) is 5.91 Å². The van der Waals surface area contributed by atoms with E-state index < -0.39 is 11.6 Å². The standard InChI is InChI=1S/C29H29N3O3/c33-27-25-14-8-7-13-24(25)26(29(32(27)19-20-35-29)21-22-9-3-1-4-10-22)28(34)31-17-15-30(16-18-31)23-11-5-2-6-12-23/h1-14,26H,15-21H2/t26-,29+/m1/s1. The Kier molecular flexibility index (Phi) is 5.53. The lowest BCUT2D eigenvalue weighted by molar-refractivity contribution is -0.150. The fraction of sp³-hybridized carbons (Fsp3) is 0.310.